The normalized spacial score (nSPS) is 17.5. The molecule has 1 saturated heterocycles. The number of aliphatic hydroxyl groups is 1. The Kier molecular flexibility index (Phi) is 6.05. The molecule has 0 aliphatic carbocycles. The average Bonchev–Trinajstić information content (AvgIpc) is 3.31. The van der Waals surface area contributed by atoms with Crippen LogP contribution in [-0.4, -0.2) is 34.9 Å². The summed E-state index contributed by atoms with van der Waals surface area (Å²) >= 11 is 6.99. The van der Waals surface area contributed by atoms with Crippen LogP contribution >= 0.6 is 22.9 Å². The molecule has 1 aliphatic heterocycles. The number of halogens is 1. The second kappa shape index (κ2) is 8.80. The van der Waals surface area contributed by atoms with E-state index in [4.69, 9.17) is 16.3 Å². The van der Waals surface area contributed by atoms with Crippen molar-refractivity contribution in [2.75, 3.05) is 12.0 Å². The van der Waals surface area contributed by atoms with Gasteiger partial charge in [0, 0.05) is 10.6 Å². The van der Waals surface area contributed by atoms with Crippen molar-refractivity contribution in [1.29, 1.82) is 0 Å². The van der Waals surface area contributed by atoms with E-state index >= 15 is 0 Å². The van der Waals surface area contributed by atoms with E-state index in [0.717, 1.165) is 16.9 Å². The lowest BCUT2D eigenvalue weighted by molar-refractivity contribution is -0.132. The summed E-state index contributed by atoms with van der Waals surface area (Å²) in [5, 5.41) is 11.7. The van der Waals surface area contributed by atoms with Crippen LogP contribution in [0.4, 0.5) is 5.13 Å². The Labute approximate surface area is 198 Å². The van der Waals surface area contributed by atoms with Gasteiger partial charge in [-0.2, -0.15) is 0 Å². The molecule has 2 heterocycles. The fourth-order valence-corrected chi connectivity index (χ4v) is 4.76. The zero-order valence-electron chi connectivity index (χ0n) is 18.0. The summed E-state index contributed by atoms with van der Waals surface area (Å²) in [6.07, 6.45) is 0. The third-order valence-electron chi connectivity index (χ3n) is 5.32. The number of amides is 1. The summed E-state index contributed by atoms with van der Waals surface area (Å²) in [5.41, 5.74) is 2.24. The maximum Gasteiger partial charge on any atom is 0.350 e. The molecule has 0 saturated carbocycles. The predicted octanol–water partition coefficient (Wildman–Crippen LogP) is 4.83. The van der Waals surface area contributed by atoms with E-state index in [1.165, 1.54) is 12.0 Å². The number of ether oxygens (including phenoxy) is 1. The van der Waals surface area contributed by atoms with E-state index in [2.05, 4.69) is 4.98 Å². The minimum absolute atomic E-state index is 0.0707. The van der Waals surface area contributed by atoms with Gasteiger partial charge in [0.25, 0.3) is 5.78 Å². The molecule has 168 valence electrons. The fraction of sp³-hybridized carbons (Fsp3) is 0.167. The molecule has 2 aromatic carbocycles. The predicted molar refractivity (Wildman–Crippen MR) is 126 cm³/mol. The highest BCUT2D eigenvalue weighted by atomic mass is 35.5. The van der Waals surface area contributed by atoms with Gasteiger partial charge in [0.2, 0.25) is 0 Å². The lowest BCUT2D eigenvalue weighted by Gasteiger charge is -2.23. The minimum atomic E-state index is -0.959. The topological polar surface area (TPSA) is 96.8 Å². The molecule has 1 fully saturated rings. The third-order valence-corrected chi connectivity index (χ3v) is 6.71. The van der Waals surface area contributed by atoms with Gasteiger partial charge in [-0.15, -0.1) is 0 Å². The Morgan fingerprint density at radius 2 is 1.73 bits per heavy atom. The summed E-state index contributed by atoms with van der Waals surface area (Å²) in [6.45, 7) is 3.52. The van der Waals surface area contributed by atoms with Crippen molar-refractivity contribution >= 4 is 51.5 Å². The average molecular weight is 483 g/mol. The first-order valence-electron chi connectivity index (χ1n) is 9.92. The van der Waals surface area contributed by atoms with Gasteiger partial charge in [-0.05, 0) is 31.5 Å². The summed E-state index contributed by atoms with van der Waals surface area (Å²) in [6, 6.07) is 12.6. The molecule has 33 heavy (non-hydrogen) atoms. The maximum atomic E-state index is 13.2. The van der Waals surface area contributed by atoms with Crippen molar-refractivity contribution in [2.24, 2.45) is 0 Å². The number of methoxy groups -OCH3 is 1. The van der Waals surface area contributed by atoms with Crippen LogP contribution in [0.3, 0.4) is 0 Å². The Hall–Kier alpha value is -3.49. The van der Waals surface area contributed by atoms with Gasteiger partial charge in [0.1, 0.15) is 10.6 Å². The molecule has 0 spiro atoms. The number of hydrogen-bond donors (Lipinski definition) is 1. The number of Topliss-reactive ketones (excluding diaryl/α,β-unsaturated/α-hetero) is 1. The first-order valence-corrected chi connectivity index (χ1v) is 11.1. The molecular weight excluding hydrogens is 464 g/mol. The third kappa shape index (κ3) is 4.03. The SMILES string of the molecule is COC(=O)c1sc(N2C(=O)C(=O)C(=C(O)c3ccc(C)cc3)[C@@H]2c2ccc(Cl)cc2)nc1C. The molecule has 1 N–H and O–H groups in total. The lowest BCUT2D eigenvalue weighted by Crippen LogP contribution is -2.29. The number of benzene rings is 2. The number of ketones is 1. The highest BCUT2D eigenvalue weighted by Gasteiger charge is 2.48. The van der Waals surface area contributed by atoms with E-state index in [1.54, 1.807) is 55.5 Å². The molecule has 7 nitrogen and oxygen atoms in total. The summed E-state index contributed by atoms with van der Waals surface area (Å²) in [7, 11) is 1.25. The van der Waals surface area contributed by atoms with Gasteiger partial charge in [0.05, 0.1) is 24.4 Å². The van der Waals surface area contributed by atoms with Crippen LogP contribution in [0, 0.1) is 13.8 Å². The smallest absolute Gasteiger partial charge is 0.350 e. The van der Waals surface area contributed by atoms with E-state index in [-0.39, 0.29) is 21.3 Å². The minimum Gasteiger partial charge on any atom is -0.507 e. The molecule has 0 radical (unpaired) electrons. The van der Waals surface area contributed by atoms with Crippen LogP contribution in [-0.2, 0) is 14.3 Å². The monoisotopic (exact) mass is 482 g/mol. The molecule has 0 bridgehead atoms. The molecule has 9 heteroatoms. The number of anilines is 1. The number of aliphatic hydroxyl groups excluding tert-OH is 1. The van der Waals surface area contributed by atoms with Crippen LogP contribution in [0.1, 0.15) is 38.1 Å². The van der Waals surface area contributed by atoms with Crippen LogP contribution in [0.15, 0.2) is 54.1 Å². The van der Waals surface area contributed by atoms with E-state index < -0.39 is 23.7 Å². The molecule has 1 aliphatic rings. The first-order chi connectivity index (χ1) is 15.7. The maximum absolute atomic E-state index is 13.2. The molecule has 1 amide bonds. The molecular formula is C24H19ClN2O5S. The second-order valence-electron chi connectivity index (χ2n) is 7.49. The van der Waals surface area contributed by atoms with Gasteiger partial charge in [-0.25, -0.2) is 9.78 Å². The number of nitrogens with zero attached hydrogens (tertiary/aromatic N) is 2. The number of carbonyl (C=O) groups is 3. The van der Waals surface area contributed by atoms with Crippen molar-refractivity contribution in [3.63, 3.8) is 0 Å². The summed E-state index contributed by atoms with van der Waals surface area (Å²) in [5.74, 6) is -2.58. The quantitative estimate of drug-likeness (QED) is 0.248. The van der Waals surface area contributed by atoms with Crippen LogP contribution in [0.25, 0.3) is 5.76 Å². The molecule has 4 rings (SSSR count). The van der Waals surface area contributed by atoms with Gasteiger partial charge in [-0.3, -0.25) is 14.5 Å². The molecule has 1 atom stereocenters. The van der Waals surface area contributed by atoms with E-state index in [0.29, 0.717) is 21.8 Å². The Morgan fingerprint density at radius 3 is 2.33 bits per heavy atom. The highest BCUT2D eigenvalue weighted by Crippen LogP contribution is 2.44. The van der Waals surface area contributed by atoms with E-state index in [1.807, 2.05) is 6.92 Å². The highest BCUT2D eigenvalue weighted by molar-refractivity contribution is 7.17. The van der Waals surface area contributed by atoms with Gasteiger partial charge in [0.15, 0.2) is 5.13 Å². The zero-order valence-corrected chi connectivity index (χ0v) is 19.5. The molecule has 3 aromatic rings. The standard InChI is InChI=1S/C24H19ClN2O5S/c1-12-4-6-15(7-5-12)19(28)17-18(14-8-10-16(25)11-9-14)27(22(30)20(17)29)24-26-13(2)21(33-24)23(31)32-3/h4-11,18,28H,1-3H3/t18-/m0/s1. The van der Waals surface area contributed by atoms with Gasteiger partial charge < -0.3 is 9.84 Å². The fourth-order valence-electron chi connectivity index (χ4n) is 3.62. The van der Waals surface area contributed by atoms with Crippen LogP contribution in [0.2, 0.25) is 5.02 Å². The van der Waals surface area contributed by atoms with Gasteiger partial charge >= 0.3 is 11.9 Å². The molecule has 1 aromatic heterocycles. The lowest BCUT2D eigenvalue weighted by atomic mass is 9.95. The van der Waals surface area contributed by atoms with Crippen molar-refractivity contribution in [3.8, 4) is 0 Å². The number of rotatable bonds is 4. The largest absolute Gasteiger partial charge is 0.507 e. The number of aromatic nitrogens is 1. The van der Waals surface area contributed by atoms with Crippen LogP contribution < -0.4 is 4.90 Å². The van der Waals surface area contributed by atoms with Crippen LogP contribution in [0.5, 0.6) is 0 Å². The van der Waals surface area contributed by atoms with Gasteiger partial charge in [-0.1, -0.05) is 64.9 Å². The summed E-state index contributed by atoms with van der Waals surface area (Å²) in [4.78, 5) is 44.2. The number of hydrogen-bond acceptors (Lipinski definition) is 7. The Balaban J connectivity index is 1.93. The second-order valence-corrected chi connectivity index (χ2v) is 8.90. The van der Waals surface area contributed by atoms with E-state index in [9.17, 15) is 19.5 Å². The Morgan fingerprint density at radius 1 is 1.09 bits per heavy atom. The number of thiazole rings is 1. The van der Waals surface area contributed by atoms with Crippen molar-refractivity contribution in [1.82, 2.24) is 4.98 Å². The first kappa shape index (κ1) is 22.7. The van der Waals surface area contributed by atoms with Crippen molar-refractivity contribution < 1.29 is 24.2 Å². The Bertz CT molecular complexity index is 1300. The molecule has 0 unspecified atom stereocenters. The van der Waals surface area contributed by atoms with Crippen molar-refractivity contribution in [3.05, 3.63) is 86.4 Å². The van der Waals surface area contributed by atoms with Crippen molar-refractivity contribution in [2.45, 2.75) is 19.9 Å². The number of esters is 1. The number of carbonyl (C=O) groups excluding carboxylic acids is 3. The number of aryl methyl sites for hydroxylation is 2. The summed E-state index contributed by atoms with van der Waals surface area (Å²) < 4.78 is 4.79. The zero-order chi connectivity index (χ0) is 23.9.